The first-order valence-electron chi connectivity index (χ1n) is 10.8. The standard InChI is InChI=1S/C19H32N4O3S2/c1-11-20-21-18(27-11)23-16-10-13(28(25,26)22-19(2)7-8-19)5-6-14(16)15(17(23)24)9-12-3-4-12/h11-16,18,20-22H,3-10H2,1-2H3. The van der Waals surface area contributed by atoms with Crippen molar-refractivity contribution in [2.45, 2.75) is 92.9 Å². The third-order valence-electron chi connectivity index (χ3n) is 7.37. The molecule has 5 aliphatic rings. The highest BCUT2D eigenvalue weighted by atomic mass is 32.2. The number of nitrogens with one attached hydrogen (secondary N) is 3. The largest absolute Gasteiger partial charge is 0.313 e. The van der Waals surface area contributed by atoms with E-state index in [1.807, 2.05) is 11.8 Å². The fourth-order valence-corrected chi connectivity index (χ4v) is 8.33. The number of carbonyl (C=O) groups excluding carboxylic acids is 1. The molecule has 5 fully saturated rings. The molecule has 9 heteroatoms. The van der Waals surface area contributed by atoms with E-state index < -0.39 is 15.3 Å². The van der Waals surface area contributed by atoms with Gasteiger partial charge in [0, 0.05) is 17.5 Å². The number of sulfonamides is 1. The average Bonchev–Trinajstić information content (AvgIpc) is 3.52. The first-order valence-corrected chi connectivity index (χ1v) is 13.3. The molecule has 5 rings (SSSR count). The topological polar surface area (TPSA) is 90.5 Å². The van der Waals surface area contributed by atoms with Crippen LogP contribution in [-0.4, -0.2) is 46.9 Å². The Kier molecular flexibility index (Phi) is 4.79. The van der Waals surface area contributed by atoms with E-state index in [2.05, 4.69) is 22.5 Å². The van der Waals surface area contributed by atoms with Gasteiger partial charge in [-0.25, -0.2) is 24.0 Å². The van der Waals surface area contributed by atoms with E-state index in [1.165, 1.54) is 12.8 Å². The number of thioether (sulfide) groups is 1. The van der Waals surface area contributed by atoms with Gasteiger partial charge in [0.15, 0.2) is 0 Å². The van der Waals surface area contributed by atoms with Crippen molar-refractivity contribution in [3.05, 3.63) is 0 Å². The fourth-order valence-electron chi connectivity index (χ4n) is 5.32. The quantitative estimate of drug-likeness (QED) is 0.597. The third-order valence-corrected chi connectivity index (χ3v) is 10.6. The first-order chi connectivity index (χ1) is 13.3. The Morgan fingerprint density at radius 2 is 1.96 bits per heavy atom. The van der Waals surface area contributed by atoms with Gasteiger partial charge in [-0.3, -0.25) is 4.79 Å². The molecule has 6 atom stereocenters. The lowest BCUT2D eigenvalue weighted by Gasteiger charge is -2.38. The average molecular weight is 429 g/mol. The summed E-state index contributed by atoms with van der Waals surface area (Å²) < 4.78 is 29.0. The van der Waals surface area contributed by atoms with Crippen molar-refractivity contribution in [1.82, 2.24) is 20.5 Å². The number of rotatable bonds is 6. The summed E-state index contributed by atoms with van der Waals surface area (Å²) in [6.45, 7) is 4.06. The minimum Gasteiger partial charge on any atom is -0.313 e. The van der Waals surface area contributed by atoms with E-state index in [1.54, 1.807) is 11.8 Å². The predicted octanol–water partition coefficient (Wildman–Crippen LogP) is 1.72. The smallest absolute Gasteiger partial charge is 0.228 e. The number of hydrogen-bond donors (Lipinski definition) is 3. The molecule has 0 aromatic rings. The first kappa shape index (κ1) is 19.6. The van der Waals surface area contributed by atoms with Crippen molar-refractivity contribution in [3.63, 3.8) is 0 Å². The molecule has 3 saturated carbocycles. The summed E-state index contributed by atoms with van der Waals surface area (Å²) in [7, 11) is -3.35. The number of hydrazine groups is 1. The highest BCUT2D eigenvalue weighted by Gasteiger charge is 2.56. The van der Waals surface area contributed by atoms with Crippen molar-refractivity contribution in [2.24, 2.45) is 17.8 Å². The van der Waals surface area contributed by atoms with Gasteiger partial charge >= 0.3 is 0 Å². The van der Waals surface area contributed by atoms with Gasteiger partial charge in [0.1, 0.15) is 5.50 Å². The molecule has 2 aliphatic heterocycles. The van der Waals surface area contributed by atoms with Crippen molar-refractivity contribution in [1.29, 1.82) is 0 Å². The molecule has 3 N–H and O–H groups in total. The molecule has 1 amide bonds. The maximum Gasteiger partial charge on any atom is 0.228 e. The number of amides is 1. The van der Waals surface area contributed by atoms with Crippen LogP contribution in [0.1, 0.15) is 65.2 Å². The summed E-state index contributed by atoms with van der Waals surface area (Å²) in [6.07, 6.45) is 7.41. The Labute approximate surface area is 172 Å². The van der Waals surface area contributed by atoms with Crippen molar-refractivity contribution >= 4 is 27.7 Å². The Hall–Kier alpha value is -0.350. The van der Waals surface area contributed by atoms with Crippen LogP contribution in [0.4, 0.5) is 0 Å². The minimum atomic E-state index is -3.35. The van der Waals surface area contributed by atoms with E-state index >= 15 is 0 Å². The van der Waals surface area contributed by atoms with Crippen molar-refractivity contribution in [3.8, 4) is 0 Å². The summed E-state index contributed by atoms with van der Waals surface area (Å²) in [5.74, 6) is 1.32. The zero-order valence-corrected chi connectivity index (χ0v) is 18.3. The Balaban J connectivity index is 1.37. The van der Waals surface area contributed by atoms with Crippen LogP contribution >= 0.6 is 11.8 Å². The van der Waals surface area contributed by atoms with Gasteiger partial charge in [0.05, 0.1) is 10.6 Å². The van der Waals surface area contributed by atoms with Crippen LogP contribution in [0.2, 0.25) is 0 Å². The number of likely N-dealkylation sites (tertiary alicyclic amines) is 1. The fraction of sp³-hybridized carbons (Fsp3) is 0.947. The molecule has 3 aliphatic carbocycles. The molecule has 28 heavy (non-hydrogen) atoms. The highest BCUT2D eigenvalue weighted by Crippen LogP contribution is 2.49. The maximum atomic E-state index is 13.4. The van der Waals surface area contributed by atoms with Gasteiger partial charge in [0.2, 0.25) is 15.9 Å². The lowest BCUT2D eigenvalue weighted by atomic mass is 9.77. The van der Waals surface area contributed by atoms with Gasteiger partial charge in [-0.2, -0.15) is 0 Å². The zero-order chi connectivity index (χ0) is 19.7. The number of fused-ring (bicyclic) bond motifs is 1. The number of hydrogen-bond acceptors (Lipinski definition) is 6. The molecule has 0 radical (unpaired) electrons. The lowest BCUT2D eigenvalue weighted by molar-refractivity contribution is -0.133. The summed E-state index contributed by atoms with van der Waals surface area (Å²) in [6, 6.07) is 0.0238. The van der Waals surface area contributed by atoms with Crippen LogP contribution in [0.25, 0.3) is 0 Å². The zero-order valence-electron chi connectivity index (χ0n) is 16.7. The molecule has 158 valence electrons. The molecule has 0 spiro atoms. The molecule has 7 nitrogen and oxygen atoms in total. The Morgan fingerprint density at radius 3 is 2.57 bits per heavy atom. The summed E-state index contributed by atoms with van der Waals surface area (Å²) in [5.41, 5.74) is 6.12. The summed E-state index contributed by atoms with van der Waals surface area (Å²) >= 11 is 1.71. The van der Waals surface area contributed by atoms with Crippen LogP contribution in [-0.2, 0) is 14.8 Å². The normalized spacial score (nSPS) is 42.6. The molecule has 0 bridgehead atoms. The van der Waals surface area contributed by atoms with Crippen LogP contribution < -0.4 is 15.6 Å². The molecule has 0 aromatic carbocycles. The van der Waals surface area contributed by atoms with Crippen LogP contribution in [0, 0.1) is 17.8 Å². The van der Waals surface area contributed by atoms with E-state index in [0.717, 1.165) is 25.7 Å². The van der Waals surface area contributed by atoms with Crippen molar-refractivity contribution in [2.75, 3.05) is 0 Å². The second kappa shape index (κ2) is 6.83. The van der Waals surface area contributed by atoms with Crippen LogP contribution in [0.3, 0.4) is 0 Å². The predicted molar refractivity (Wildman–Crippen MR) is 109 cm³/mol. The molecule has 2 heterocycles. The Bertz CT molecular complexity index is 752. The van der Waals surface area contributed by atoms with E-state index in [0.29, 0.717) is 24.7 Å². The van der Waals surface area contributed by atoms with Gasteiger partial charge in [-0.05, 0) is 64.2 Å². The van der Waals surface area contributed by atoms with Crippen LogP contribution in [0.15, 0.2) is 0 Å². The van der Waals surface area contributed by atoms with Crippen molar-refractivity contribution < 1.29 is 13.2 Å². The summed E-state index contributed by atoms with van der Waals surface area (Å²) in [4.78, 5) is 15.4. The molecule has 6 unspecified atom stereocenters. The SMILES string of the molecule is CC1NNC(N2C(=O)C(CC3CC3)C3CCC(S(=O)(=O)NC4(C)CC4)CC32)S1. The van der Waals surface area contributed by atoms with E-state index in [-0.39, 0.29) is 34.3 Å². The molecule has 2 saturated heterocycles. The second-order valence-electron chi connectivity index (χ2n) is 9.82. The minimum absolute atomic E-state index is 0.0238. The number of carbonyl (C=O) groups is 1. The molecular formula is C19H32N4O3S2. The molecule has 0 aromatic heterocycles. The maximum absolute atomic E-state index is 13.4. The van der Waals surface area contributed by atoms with Gasteiger partial charge in [-0.1, -0.05) is 12.8 Å². The monoisotopic (exact) mass is 428 g/mol. The van der Waals surface area contributed by atoms with Crippen LogP contribution in [0.5, 0.6) is 0 Å². The lowest BCUT2D eigenvalue weighted by Crippen LogP contribution is -2.52. The second-order valence-corrected chi connectivity index (χ2v) is 13.2. The highest BCUT2D eigenvalue weighted by molar-refractivity contribution is 8.00. The van der Waals surface area contributed by atoms with Gasteiger partial charge < -0.3 is 4.90 Å². The third kappa shape index (κ3) is 3.62. The van der Waals surface area contributed by atoms with E-state index in [4.69, 9.17) is 0 Å². The van der Waals surface area contributed by atoms with Gasteiger partial charge in [-0.15, -0.1) is 11.8 Å². The van der Waals surface area contributed by atoms with E-state index in [9.17, 15) is 13.2 Å². The summed E-state index contributed by atoms with van der Waals surface area (Å²) in [5, 5.41) is -0.156. The molecular weight excluding hydrogens is 396 g/mol. The Morgan fingerprint density at radius 1 is 1.21 bits per heavy atom. The van der Waals surface area contributed by atoms with Gasteiger partial charge in [0.25, 0.3) is 0 Å². The number of nitrogens with zero attached hydrogens (tertiary/aromatic N) is 1.